The third-order valence-corrected chi connectivity index (χ3v) is 2.58. The molecule has 1 N–H and O–H groups in total. The minimum atomic E-state index is 0. The molecule has 1 nitrogen and oxygen atoms in total. The summed E-state index contributed by atoms with van der Waals surface area (Å²) in [6.07, 6.45) is 6.34. The molecular formula is C12H16NU-. The zero-order valence-electron chi connectivity index (χ0n) is 8.37. The molecule has 2 heteroatoms. The summed E-state index contributed by atoms with van der Waals surface area (Å²) in [6, 6.07) is 11.2. The van der Waals surface area contributed by atoms with Crippen LogP contribution in [0.2, 0.25) is 0 Å². The largest absolute Gasteiger partial charge is 0.339 e. The number of hydrogen-bond donors (Lipinski definition) is 1. The van der Waals surface area contributed by atoms with Gasteiger partial charge in [0.25, 0.3) is 0 Å². The first kappa shape index (κ1) is 12.3. The van der Waals surface area contributed by atoms with Crippen LogP contribution in [0.25, 0.3) is 0 Å². The minimum absolute atomic E-state index is 0. The predicted molar refractivity (Wildman–Crippen MR) is 55.2 cm³/mol. The Morgan fingerprint density at radius 1 is 1.29 bits per heavy atom. The molecule has 1 saturated carbocycles. The van der Waals surface area contributed by atoms with E-state index in [2.05, 4.69) is 42.1 Å². The average molecular weight is 412 g/mol. The van der Waals surface area contributed by atoms with E-state index in [1.54, 1.807) is 0 Å². The van der Waals surface area contributed by atoms with E-state index in [-0.39, 0.29) is 31.1 Å². The van der Waals surface area contributed by atoms with Gasteiger partial charge in [0.2, 0.25) is 0 Å². The van der Waals surface area contributed by atoms with Crippen LogP contribution in [0.3, 0.4) is 0 Å². The minimum Gasteiger partial charge on any atom is -0.339 e. The maximum Gasteiger partial charge on any atom is 0.0182 e. The van der Waals surface area contributed by atoms with Gasteiger partial charge in [0, 0.05) is 37.7 Å². The molecule has 14 heavy (non-hydrogen) atoms. The van der Waals surface area contributed by atoms with Crippen LogP contribution in [-0.2, 0) is 6.54 Å². The average Bonchev–Trinajstić information content (AvgIpc) is 2.69. The Kier molecular flexibility index (Phi) is 5.86. The van der Waals surface area contributed by atoms with E-state index >= 15 is 0 Å². The van der Waals surface area contributed by atoms with Gasteiger partial charge < -0.3 is 11.7 Å². The third-order valence-electron chi connectivity index (χ3n) is 2.58. The first-order valence-corrected chi connectivity index (χ1v) is 5.06. The molecule has 1 aliphatic carbocycles. The van der Waals surface area contributed by atoms with Crippen molar-refractivity contribution in [1.82, 2.24) is 5.32 Å². The predicted octanol–water partition coefficient (Wildman–Crippen LogP) is 2.53. The molecular weight excluding hydrogens is 396 g/mol. The second kappa shape index (κ2) is 6.67. The molecule has 1 fully saturated rings. The molecule has 0 aliphatic heterocycles. The van der Waals surface area contributed by atoms with Crippen LogP contribution in [0.15, 0.2) is 30.3 Å². The van der Waals surface area contributed by atoms with Gasteiger partial charge in [0.15, 0.2) is 0 Å². The Bertz CT molecular complexity index is 242. The normalized spacial score (nSPS) is 20.4. The summed E-state index contributed by atoms with van der Waals surface area (Å²) < 4.78 is 0. The first-order valence-electron chi connectivity index (χ1n) is 5.06. The van der Waals surface area contributed by atoms with Crippen LogP contribution in [0.5, 0.6) is 0 Å². The van der Waals surface area contributed by atoms with Gasteiger partial charge >= 0.3 is 0 Å². The molecule has 0 amide bonds. The van der Waals surface area contributed by atoms with Crippen molar-refractivity contribution in [1.29, 1.82) is 0 Å². The molecule has 2 rings (SSSR count). The molecule has 1 atom stereocenters. The Morgan fingerprint density at radius 2 is 2.07 bits per heavy atom. The first-order chi connectivity index (χ1) is 6.45. The molecule has 0 radical (unpaired) electrons. The van der Waals surface area contributed by atoms with Gasteiger partial charge in [0.05, 0.1) is 0 Å². The molecule has 1 aliphatic rings. The summed E-state index contributed by atoms with van der Waals surface area (Å²) in [7, 11) is 0. The zero-order valence-corrected chi connectivity index (χ0v) is 12.5. The Morgan fingerprint density at radius 3 is 2.71 bits per heavy atom. The number of benzene rings is 1. The van der Waals surface area contributed by atoms with E-state index < -0.39 is 0 Å². The molecule has 0 unspecified atom stereocenters. The molecule has 0 spiro atoms. The summed E-state index contributed by atoms with van der Waals surface area (Å²) in [6.45, 7) is 1.00. The van der Waals surface area contributed by atoms with Crippen LogP contribution in [0.1, 0.15) is 24.8 Å². The second-order valence-electron chi connectivity index (χ2n) is 3.64. The van der Waals surface area contributed by atoms with Crippen LogP contribution in [0.4, 0.5) is 0 Å². The summed E-state index contributed by atoms with van der Waals surface area (Å²) in [5, 5.41) is 3.54. The fraction of sp³-hybridized carbons (Fsp3) is 0.417. The van der Waals surface area contributed by atoms with Gasteiger partial charge in [-0.25, -0.2) is 0 Å². The quantitative estimate of drug-likeness (QED) is 0.753. The standard InChI is InChI=1S/C12H16N.U/c1-2-6-11(7-3-1)10-13-12-8-4-5-9-12;/h1-3,6-8,12-13H,4-5,9-10H2;/q-1;/t12-;/m0./s1. The van der Waals surface area contributed by atoms with E-state index in [1.165, 1.54) is 24.8 Å². The van der Waals surface area contributed by atoms with Crippen molar-refractivity contribution in [2.24, 2.45) is 0 Å². The fourth-order valence-corrected chi connectivity index (χ4v) is 1.80. The summed E-state index contributed by atoms with van der Waals surface area (Å²) in [5.74, 6) is 0. The summed E-state index contributed by atoms with van der Waals surface area (Å²) >= 11 is 0. The van der Waals surface area contributed by atoms with Crippen molar-refractivity contribution in [3.05, 3.63) is 42.3 Å². The van der Waals surface area contributed by atoms with Crippen molar-refractivity contribution in [2.75, 3.05) is 0 Å². The third kappa shape index (κ3) is 3.77. The molecule has 1 aromatic carbocycles. The van der Waals surface area contributed by atoms with Gasteiger partial charge in [-0.05, 0) is 5.56 Å². The van der Waals surface area contributed by atoms with Crippen molar-refractivity contribution in [2.45, 2.75) is 31.8 Å². The number of hydrogen-bond acceptors (Lipinski definition) is 1. The second-order valence-corrected chi connectivity index (χ2v) is 3.64. The number of nitrogens with one attached hydrogen (secondary N) is 1. The van der Waals surface area contributed by atoms with Gasteiger partial charge in [-0.1, -0.05) is 43.2 Å². The maximum atomic E-state index is 3.54. The van der Waals surface area contributed by atoms with Crippen LogP contribution >= 0.6 is 0 Å². The summed E-state index contributed by atoms with van der Waals surface area (Å²) in [5.41, 5.74) is 1.38. The van der Waals surface area contributed by atoms with Gasteiger partial charge in [-0.3, -0.25) is 0 Å². The molecule has 0 bridgehead atoms. The van der Waals surface area contributed by atoms with Gasteiger partial charge in [-0.2, -0.15) is 6.42 Å². The van der Waals surface area contributed by atoms with E-state index in [4.69, 9.17) is 0 Å². The van der Waals surface area contributed by atoms with E-state index in [1.807, 2.05) is 0 Å². The zero-order chi connectivity index (χ0) is 8.93. The van der Waals surface area contributed by atoms with Gasteiger partial charge in [0.1, 0.15) is 0 Å². The van der Waals surface area contributed by atoms with Crippen molar-refractivity contribution >= 4 is 0 Å². The van der Waals surface area contributed by atoms with Crippen LogP contribution in [0, 0.1) is 37.5 Å². The fourth-order valence-electron chi connectivity index (χ4n) is 1.80. The van der Waals surface area contributed by atoms with Gasteiger partial charge in [-0.15, -0.1) is 6.04 Å². The Hall–Kier alpha value is 0.232. The van der Waals surface area contributed by atoms with E-state index in [0.717, 1.165) is 6.54 Å². The van der Waals surface area contributed by atoms with Crippen molar-refractivity contribution in [3.8, 4) is 0 Å². The van der Waals surface area contributed by atoms with Crippen molar-refractivity contribution < 1.29 is 31.1 Å². The van der Waals surface area contributed by atoms with Crippen LogP contribution in [-0.4, -0.2) is 6.04 Å². The van der Waals surface area contributed by atoms with Crippen molar-refractivity contribution in [3.63, 3.8) is 0 Å². The Balaban J connectivity index is 0.000000980. The van der Waals surface area contributed by atoms with Crippen LogP contribution < -0.4 is 5.32 Å². The smallest absolute Gasteiger partial charge is 0.0182 e. The number of rotatable bonds is 3. The molecule has 0 saturated heterocycles. The molecule has 74 valence electrons. The SMILES string of the molecule is [U].c1ccc(CN[C@H]2[CH-]CCC2)cc1. The monoisotopic (exact) mass is 412 g/mol. The molecule has 0 heterocycles. The summed E-state index contributed by atoms with van der Waals surface area (Å²) in [4.78, 5) is 0. The maximum absolute atomic E-state index is 3.54. The van der Waals surface area contributed by atoms with E-state index in [9.17, 15) is 0 Å². The topological polar surface area (TPSA) is 12.0 Å². The molecule has 0 aromatic heterocycles. The molecule has 1 aromatic rings. The van der Waals surface area contributed by atoms with E-state index in [0.29, 0.717) is 6.04 Å². The Labute approximate surface area is 110 Å².